The summed E-state index contributed by atoms with van der Waals surface area (Å²) in [6.07, 6.45) is 2.59. The number of benzene rings is 1. The lowest BCUT2D eigenvalue weighted by molar-refractivity contribution is 0.297. The largest absolute Gasteiger partial charge is 0.355 e. The third-order valence-corrected chi connectivity index (χ3v) is 5.46. The highest BCUT2D eigenvalue weighted by Crippen LogP contribution is 2.25. The highest BCUT2D eigenvalue weighted by atomic mass is 127. The van der Waals surface area contributed by atoms with Gasteiger partial charge in [0.1, 0.15) is 5.82 Å². The summed E-state index contributed by atoms with van der Waals surface area (Å²) in [5.41, 5.74) is 0.962. The lowest BCUT2D eigenvalue weighted by Crippen LogP contribution is -2.43. The molecule has 4 nitrogen and oxygen atoms in total. The van der Waals surface area contributed by atoms with Gasteiger partial charge in [0.25, 0.3) is 0 Å². The van der Waals surface area contributed by atoms with Crippen LogP contribution in [0.25, 0.3) is 0 Å². The van der Waals surface area contributed by atoms with Gasteiger partial charge in [-0.15, -0.1) is 24.0 Å². The van der Waals surface area contributed by atoms with Crippen molar-refractivity contribution in [1.82, 2.24) is 15.5 Å². The van der Waals surface area contributed by atoms with Crippen LogP contribution in [0.1, 0.15) is 24.4 Å². The number of guanidine groups is 1. The van der Waals surface area contributed by atoms with E-state index in [0.29, 0.717) is 11.8 Å². The van der Waals surface area contributed by atoms with Crippen LogP contribution >= 0.6 is 35.7 Å². The quantitative estimate of drug-likeness (QED) is 0.384. The molecule has 24 heavy (non-hydrogen) atoms. The van der Waals surface area contributed by atoms with Crippen LogP contribution in [0, 0.1) is 5.82 Å². The minimum atomic E-state index is -0.199. The molecule has 2 atom stereocenters. The molecule has 0 aromatic heterocycles. The van der Waals surface area contributed by atoms with E-state index in [2.05, 4.69) is 20.5 Å². The second-order valence-electron chi connectivity index (χ2n) is 6.00. The van der Waals surface area contributed by atoms with E-state index in [1.165, 1.54) is 24.7 Å². The van der Waals surface area contributed by atoms with Gasteiger partial charge in [-0.3, -0.25) is 4.99 Å². The van der Waals surface area contributed by atoms with Crippen molar-refractivity contribution in [3.05, 3.63) is 35.6 Å². The molecule has 2 rings (SSSR count). The number of nitrogens with one attached hydrogen (secondary N) is 2. The fourth-order valence-corrected chi connectivity index (χ4v) is 3.94. The molecule has 0 aliphatic carbocycles. The first kappa shape index (κ1) is 21.5. The van der Waals surface area contributed by atoms with Gasteiger partial charge in [-0.2, -0.15) is 11.8 Å². The van der Waals surface area contributed by atoms with Crippen LogP contribution in [0.2, 0.25) is 0 Å². The lowest BCUT2D eigenvalue weighted by Gasteiger charge is -2.26. The summed E-state index contributed by atoms with van der Waals surface area (Å²) in [5, 5.41) is 7.43. The molecular weight excluding hydrogens is 438 g/mol. The van der Waals surface area contributed by atoms with Crippen molar-refractivity contribution in [3.8, 4) is 0 Å². The second-order valence-corrected chi connectivity index (χ2v) is 7.41. The van der Waals surface area contributed by atoms with Crippen molar-refractivity contribution in [1.29, 1.82) is 0 Å². The van der Waals surface area contributed by atoms with Gasteiger partial charge in [-0.1, -0.05) is 12.1 Å². The predicted molar refractivity (Wildman–Crippen MR) is 113 cm³/mol. The van der Waals surface area contributed by atoms with Crippen molar-refractivity contribution >= 4 is 41.7 Å². The fourth-order valence-electron chi connectivity index (χ4n) is 2.74. The number of rotatable bonds is 6. The first-order chi connectivity index (χ1) is 11.1. The Labute approximate surface area is 166 Å². The van der Waals surface area contributed by atoms with Gasteiger partial charge in [0.05, 0.1) is 6.04 Å². The fraction of sp³-hybridized carbons (Fsp3) is 0.588. The van der Waals surface area contributed by atoms with Crippen LogP contribution in [0.15, 0.2) is 29.3 Å². The number of aliphatic imine (C=N–C) groups is 1. The van der Waals surface area contributed by atoms with Gasteiger partial charge in [-0.25, -0.2) is 4.39 Å². The molecular formula is C17H28FIN4S. The van der Waals surface area contributed by atoms with E-state index in [1.807, 2.05) is 31.9 Å². The smallest absolute Gasteiger partial charge is 0.191 e. The van der Waals surface area contributed by atoms with Crippen LogP contribution in [-0.4, -0.2) is 56.1 Å². The Kier molecular flexibility index (Phi) is 9.99. The molecule has 2 unspecified atom stereocenters. The zero-order valence-corrected chi connectivity index (χ0v) is 17.7. The number of halogens is 2. The van der Waals surface area contributed by atoms with E-state index in [9.17, 15) is 4.39 Å². The Bertz CT molecular complexity index is 521. The molecule has 1 fully saturated rings. The maximum absolute atomic E-state index is 13.5. The van der Waals surface area contributed by atoms with E-state index in [4.69, 9.17) is 0 Å². The van der Waals surface area contributed by atoms with E-state index in [0.717, 1.165) is 18.1 Å². The molecule has 0 saturated carbocycles. The average molecular weight is 466 g/mol. The molecule has 0 amide bonds. The Hall–Kier alpha value is -0.540. The van der Waals surface area contributed by atoms with Gasteiger partial charge in [0.15, 0.2) is 5.96 Å². The van der Waals surface area contributed by atoms with Gasteiger partial charge in [0.2, 0.25) is 0 Å². The summed E-state index contributed by atoms with van der Waals surface area (Å²) < 4.78 is 13.5. The number of thioether (sulfide) groups is 1. The average Bonchev–Trinajstić information content (AvgIpc) is 3.03. The zero-order chi connectivity index (χ0) is 16.7. The van der Waals surface area contributed by atoms with E-state index < -0.39 is 0 Å². The minimum Gasteiger partial charge on any atom is -0.355 e. The van der Waals surface area contributed by atoms with Crippen LogP contribution < -0.4 is 10.6 Å². The third-order valence-electron chi connectivity index (χ3n) is 4.06. The van der Waals surface area contributed by atoms with E-state index in [1.54, 1.807) is 19.2 Å². The molecule has 2 N–H and O–H groups in total. The monoisotopic (exact) mass is 466 g/mol. The summed E-state index contributed by atoms with van der Waals surface area (Å²) in [7, 11) is 5.79. The minimum absolute atomic E-state index is 0. The molecule has 0 bridgehead atoms. The molecule has 1 aliphatic heterocycles. The first-order valence-electron chi connectivity index (χ1n) is 8.08. The molecule has 1 aromatic carbocycles. The topological polar surface area (TPSA) is 39.7 Å². The van der Waals surface area contributed by atoms with Crippen molar-refractivity contribution < 1.29 is 4.39 Å². The highest BCUT2D eigenvalue weighted by Gasteiger charge is 2.17. The second kappa shape index (κ2) is 11.1. The van der Waals surface area contributed by atoms with Crippen molar-refractivity contribution in [3.63, 3.8) is 0 Å². The summed E-state index contributed by atoms with van der Waals surface area (Å²) in [6.45, 7) is 1.62. The molecule has 1 aromatic rings. The normalized spacial score (nSPS) is 19.0. The SMILES string of the molecule is CN=C(NCC1CCCS1)NCC(c1cccc(F)c1)N(C)C.I. The molecule has 1 saturated heterocycles. The van der Waals surface area contributed by atoms with Crippen LogP contribution in [0.5, 0.6) is 0 Å². The van der Waals surface area contributed by atoms with E-state index in [-0.39, 0.29) is 35.8 Å². The Balaban J connectivity index is 0.00000288. The van der Waals surface area contributed by atoms with Gasteiger partial charge in [0, 0.05) is 25.4 Å². The predicted octanol–water partition coefficient (Wildman–Crippen LogP) is 3.11. The van der Waals surface area contributed by atoms with Gasteiger partial charge >= 0.3 is 0 Å². The maximum Gasteiger partial charge on any atom is 0.191 e. The van der Waals surface area contributed by atoms with Gasteiger partial charge in [-0.05, 0) is 50.4 Å². The highest BCUT2D eigenvalue weighted by molar-refractivity contribution is 14.0. The Morgan fingerprint density at radius 1 is 1.42 bits per heavy atom. The molecule has 1 aliphatic rings. The van der Waals surface area contributed by atoms with Crippen molar-refractivity contribution in [2.75, 3.05) is 40.0 Å². The van der Waals surface area contributed by atoms with Crippen LogP contribution in [0.4, 0.5) is 4.39 Å². The third kappa shape index (κ3) is 6.76. The molecule has 1 heterocycles. The van der Waals surface area contributed by atoms with Crippen molar-refractivity contribution in [2.45, 2.75) is 24.1 Å². The number of hydrogen-bond donors (Lipinski definition) is 2. The lowest BCUT2D eigenvalue weighted by atomic mass is 10.1. The molecule has 0 spiro atoms. The van der Waals surface area contributed by atoms with Crippen LogP contribution in [-0.2, 0) is 0 Å². The summed E-state index contributed by atoms with van der Waals surface area (Å²) in [4.78, 5) is 6.37. The molecule has 7 heteroatoms. The van der Waals surface area contributed by atoms with Gasteiger partial charge < -0.3 is 15.5 Å². The molecule has 136 valence electrons. The standard InChI is InChI=1S/C17H27FN4S.HI/c1-19-17(20-11-15-8-5-9-23-15)21-12-16(22(2)3)13-6-4-7-14(18)10-13;/h4,6-7,10,15-16H,5,8-9,11-12H2,1-3H3,(H2,19,20,21);1H. The Morgan fingerprint density at radius 2 is 2.21 bits per heavy atom. The summed E-state index contributed by atoms with van der Waals surface area (Å²) in [5.74, 6) is 1.87. The van der Waals surface area contributed by atoms with E-state index >= 15 is 0 Å². The summed E-state index contributed by atoms with van der Waals surface area (Å²) in [6, 6.07) is 6.87. The number of likely N-dealkylation sites (N-methyl/N-ethyl adjacent to an activating group) is 1. The maximum atomic E-state index is 13.5. The number of nitrogens with zero attached hydrogens (tertiary/aromatic N) is 2. The first-order valence-corrected chi connectivity index (χ1v) is 9.13. The van der Waals surface area contributed by atoms with Crippen molar-refractivity contribution in [2.24, 2.45) is 4.99 Å². The number of hydrogen-bond acceptors (Lipinski definition) is 3. The zero-order valence-electron chi connectivity index (χ0n) is 14.6. The Morgan fingerprint density at radius 3 is 2.79 bits per heavy atom. The van der Waals surface area contributed by atoms with Crippen LogP contribution in [0.3, 0.4) is 0 Å². The summed E-state index contributed by atoms with van der Waals surface area (Å²) >= 11 is 2.03. The molecule has 0 radical (unpaired) electrons.